The van der Waals surface area contributed by atoms with Crippen LogP contribution in [-0.4, -0.2) is 18.5 Å². The van der Waals surface area contributed by atoms with E-state index in [1.807, 2.05) is 6.92 Å². The third-order valence-corrected chi connectivity index (χ3v) is 4.09. The molecule has 2 N–H and O–H groups in total. The molecule has 110 valence electrons. The third kappa shape index (κ3) is 3.83. The molecular weight excluding hydrogens is 248 g/mol. The average Bonchev–Trinajstić information content (AvgIpc) is 2.48. The first-order chi connectivity index (χ1) is 9.58. The fourth-order valence-electron chi connectivity index (χ4n) is 2.64. The molecule has 0 aliphatic carbocycles. The van der Waals surface area contributed by atoms with E-state index in [2.05, 4.69) is 48.7 Å². The number of rotatable bonds is 4. The zero-order valence-electron chi connectivity index (χ0n) is 12.8. The molecule has 2 atom stereocenters. The molecule has 0 bridgehead atoms. The third-order valence-electron chi connectivity index (χ3n) is 4.09. The zero-order chi connectivity index (χ0) is 14.5. The highest BCUT2D eigenvalue weighted by Crippen LogP contribution is 2.19. The summed E-state index contributed by atoms with van der Waals surface area (Å²) in [4.78, 5) is 12.2. The predicted molar refractivity (Wildman–Crippen MR) is 82.7 cm³/mol. The molecule has 3 heteroatoms. The molecule has 1 aliphatic heterocycles. The normalized spacial score (nSPS) is 20.7. The van der Waals surface area contributed by atoms with Gasteiger partial charge in [-0.1, -0.05) is 44.5 Å². The number of amides is 1. The second-order valence-corrected chi connectivity index (χ2v) is 6.05. The van der Waals surface area contributed by atoms with Gasteiger partial charge in [0.05, 0.1) is 12.1 Å². The number of carbonyl (C=O) groups excluding carboxylic acids is 1. The van der Waals surface area contributed by atoms with Gasteiger partial charge >= 0.3 is 0 Å². The summed E-state index contributed by atoms with van der Waals surface area (Å²) in [7, 11) is 0. The van der Waals surface area contributed by atoms with E-state index >= 15 is 0 Å². The Bertz CT molecular complexity index is 433. The number of benzene rings is 1. The minimum Gasteiger partial charge on any atom is -0.348 e. The Morgan fingerprint density at radius 2 is 1.80 bits per heavy atom. The van der Waals surface area contributed by atoms with Gasteiger partial charge in [0.1, 0.15) is 0 Å². The second-order valence-electron chi connectivity index (χ2n) is 6.05. The maximum Gasteiger partial charge on any atom is 0.237 e. The van der Waals surface area contributed by atoms with E-state index in [0.29, 0.717) is 5.92 Å². The molecule has 20 heavy (non-hydrogen) atoms. The van der Waals surface area contributed by atoms with Crippen molar-refractivity contribution in [3.63, 3.8) is 0 Å². The van der Waals surface area contributed by atoms with E-state index in [1.54, 1.807) is 0 Å². The SMILES string of the molecule is CC(C)c1ccc(C(C)NC(=O)[C@H]2CCCCN2)cc1. The summed E-state index contributed by atoms with van der Waals surface area (Å²) in [6, 6.07) is 8.60. The molecule has 1 aromatic carbocycles. The zero-order valence-corrected chi connectivity index (χ0v) is 12.8. The van der Waals surface area contributed by atoms with Gasteiger partial charge in [0, 0.05) is 0 Å². The van der Waals surface area contributed by atoms with Crippen molar-refractivity contribution in [1.29, 1.82) is 0 Å². The maximum absolute atomic E-state index is 12.2. The van der Waals surface area contributed by atoms with Gasteiger partial charge in [-0.2, -0.15) is 0 Å². The molecule has 1 aliphatic rings. The van der Waals surface area contributed by atoms with Crippen LogP contribution in [-0.2, 0) is 4.79 Å². The van der Waals surface area contributed by atoms with Crippen molar-refractivity contribution in [3.8, 4) is 0 Å². The monoisotopic (exact) mass is 274 g/mol. The maximum atomic E-state index is 12.2. The Balaban J connectivity index is 1.93. The Morgan fingerprint density at radius 3 is 2.35 bits per heavy atom. The fraction of sp³-hybridized carbons (Fsp3) is 0.588. The molecule has 1 unspecified atom stereocenters. The highest BCUT2D eigenvalue weighted by Gasteiger charge is 2.21. The summed E-state index contributed by atoms with van der Waals surface area (Å²) in [5.74, 6) is 0.672. The number of hydrogen-bond donors (Lipinski definition) is 2. The Labute approximate surface area is 122 Å². The van der Waals surface area contributed by atoms with Gasteiger partial charge in [0.2, 0.25) is 5.91 Å². The molecule has 1 saturated heterocycles. The van der Waals surface area contributed by atoms with Crippen LogP contribution in [0.2, 0.25) is 0 Å². The van der Waals surface area contributed by atoms with Crippen molar-refractivity contribution >= 4 is 5.91 Å². The highest BCUT2D eigenvalue weighted by molar-refractivity contribution is 5.82. The van der Waals surface area contributed by atoms with Crippen molar-refractivity contribution in [2.45, 2.75) is 58.0 Å². The molecule has 1 fully saturated rings. The first kappa shape index (κ1) is 15.0. The van der Waals surface area contributed by atoms with Crippen molar-refractivity contribution in [2.75, 3.05) is 6.54 Å². The van der Waals surface area contributed by atoms with E-state index in [9.17, 15) is 4.79 Å². The highest BCUT2D eigenvalue weighted by atomic mass is 16.2. The minimum absolute atomic E-state index is 0.0128. The van der Waals surface area contributed by atoms with Gasteiger partial charge in [-0.3, -0.25) is 4.79 Å². The van der Waals surface area contributed by atoms with Crippen molar-refractivity contribution < 1.29 is 4.79 Å². The largest absolute Gasteiger partial charge is 0.348 e. The summed E-state index contributed by atoms with van der Waals surface area (Å²) in [6.45, 7) is 7.38. The quantitative estimate of drug-likeness (QED) is 0.885. The Morgan fingerprint density at radius 1 is 1.15 bits per heavy atom. The lowest BCUT2D eigenvalue weighted by Crippen LogP contribution is -2.47. The van der Waals surface area contributed by atoms with Gasteiger partial charge < -0.3 is 10.6 Å². The minimum atomic E-state index is -0.0128. The van der Waals surface area contributed by atoms with Gasteiger partial charge in [0.25, 0.3) is 0 Å². The first-order valence-electron chi connectivity index (χ1n) is 7.71. The van der Waals surface area contributed by atoms with Gasteiger partial charge in [-0.05, 0) is 43.4 Å². The van der Waals surface area contributed by atoms with Crippen LogP contribution < -0.4 is 10.6 Å². The van der Waals surface area contributed by atoms with Crippen molar-refractivity contribution in [3.05, 3.63) is 35.4 Å². The van der Waals surface area contributed by atoms with Gasteiger partial charge in [-0.15, -0.1) is 0 Å². The van der Waals surface area contributed by atoms with Crippen LogP contribution in [0.15, 0.2) is 24.3 Å². The van der Waals surface area contributed by atoms with Crippen LogP contribution in [0.5, 0.6) is 0 Å². The van der Waals surface area contributed by atoms with E-state index in [-0.39, 0.29) is 18.0 Å². The van der Waals surface area contributed by atoms with E-state index in [4.69, 9.17) is 0 Å². The van der Waals surface area contributed by atoms with Crippen molar-refractivity contribution in [1.82, 2.24) is 10.6 Å². The number of carbonyl (C=O) groups is 1. The lowest BCUT2D eigenvalue weighted by atomic mass is 9.99. The molecular formula is C17H26N2O. The molecule has 1 heterocycles. The van der Waals surface area contributed by atoms with Crippen LogP contribution in [0.4, 0.5) is 0 Å². The predicted octanol–water partition coefficient (Wildman–Crippen LogP) is 3.13. The molecule has 1 amide bonds. The number of piperidine rings is 1. The van der Waals surface area contributed by atoms with Crippen LogP contribution in [0.3, 0.4) is 0 Å². The Hall–Kier alpha value is -1.35. The van der Waals surface area contributed by atoms with E-state index < -0.39 is 0 Å². The van der Waals surface area contributed by atoms with E-state index in [1.165, 1.54) is 17.5 Å². The summed E-state index contributed by atoms with van der Waals surface area (Å²) in [6.07, 6.45) is 3.27. The molecule has 0 spiro atoms. The lowest BCUT2D eigenvalue weighted by molar-refractivity contribution is -0.124. The van der Waals surface area contributed by atoms with Gasteiger partial charge in [0.15, 0.2) is 0 Å². The molecule has 3 nitrogen and oxygen atoms in total. The molecule has 2 rings (SSSR count). The summed E-state index contributed by atoms with van der Waals surface area (Å²) in [5.41, 5.74) is 2.50. The summed E-state index contributed by atoms with van der Waals surface area (Å²) in [5, 5.41) is 6.40. The second kappa shape index (κ2) is 6.89. The van der Waals surface area contributed by atoms with Crippen LogP contribution >= 0.6 is 0 Å². The molecule has 0 aromatic heterocycles. The molecule has 0 saturated carbocycles. The van der Waals surface area contributed by atoms with Crippen LogP contribution in [0.1, 0.15) is 63.1 Å². The van der Waals surface area contributed by atoms with E-state index in [0.717, 1.165) is 19.4 Å². The van der Waals surface area contributed by atoms with Crippen LogP contribution in [0, 0.1) is 0 Å². The summed E-state index contributed by atoms with van der Waals surface area (Å²) >= 11 is 0. The average molecular weight is 274 g/mol. The summed E-state index contributed by atoms with van der Waals surface area (Å²) < 4.78 is 0. The van der Waals surface area contributed by atoms with Crippen molar-refractivity contribution in [2.24, 2.45) is 0 Å². The number of hydrogen-bond acceptors (Lipinski definition) is 2. The topological polar surface area (TPSA) is 41.1 Å². The van der Waals surface area contributed by atoms with Crippen LogP contribution in [0.25, 0.3) is 0 Å². The fourth-order valence-corrected chi connectivity index (χ4v) is 2.64. The standard InChI is InChI=1S/C17H26N2O/c1-12(2)14-7-9-15(10-8-14)13(3)19-17(20)16-6-4-5-11-18-16/h7-10,12-13,16,18H,4-6,11H2,1-3H3,(H,19,20)/t13?,16-/m1/s1. The molecule has 1 aromatic rings. The molecule has 0 radical (unpaired) electrons. The Kier molecular flexibility index (Phi) is 5.18. The number of nitrogens with one attached hydrogen (secondary N) is 2. The lowest BCUT2D eigenvalue weighted by Gasteiger charge is -2.24. The first-order valence-corrected chi connectivity index (χ1v) is 7.71. The van der Waals surface area contributed by atoms with Gasteiger partial charge in [-0.25, -0.2) is 0 Å². The smallest absolute Gasteiger partial charge is 0.237 e.